The number of hydrogen-bond donors (Lipinski definition) is 1. The lowest BCUT2D eigenvalue weighted by Gasteiger charge is -2.10. The fraction of sp³-hybridized carbons (Fsp3) is 0.211. The second-order valence-electron chi connectivity index (χ2n) is 5.66. The molecule has 3 aromatic rings. The minimum absolute atomic E-state index is 0.0902. The minimum atomic E-state index is -0.519. The summed E-state index contributed by atoms with van der Waals surface area (Å²) in [4.78, 5) is 12.1. The first kappa shape index (κ1) is 19.7. The van der Waals surface area contributed by atoms with Crippen molar-refractivity contribution in [2.75, 3.05) is 18.2 Å². The Morgan fingerprint density at radius 2 is 1.96 bits per heavy atom. The Hall–Kier alpha value is -3.07. The van der Waals surface area contributed by atoms with E-state index in [0.29, 0.717) is 17.2 Å². The van der Waals surface area contributed by atoms with Gasteiger partial charge in [0.2, 0.25) is 5.91 Å². The van der Waals surface area contributed by atoms with Gasteiger partial charge in [0.25, 0.3) is 11.1 Å². The predicted octanol–water partition coefficient (Wildman–Crippen LogP) is 4.09. The molecule has 1 aromatic heterocycles. The number of thioether (sulfide) groups is 1. The summed E-state index contributed by atoms with van der Waals surface area (Å²) in [6.07, 6.45) is -0.519. The summed E-state index contributed by atoms with van der Waals surface area (Å²) < 4.78 is 29.3. The highest BCUT2D eigenvalue weighted by molar-refractivity contribution is 7.99. The highest BCUT2D eigenvalue weighted by atomic mass is 32.2. The van der Waals surface area contributed by atoms with Crippen LogP contribution in [0.5, 0.6) is 11.5 Å². The van der Waals surface area contributed by atoms with Crippen LogP contribution in [-0.4, -0.2) is 29.0 Å². The molecular weight excluding hydrogens is 385 g/mol. The first-order valence-corrected chi connectivity index (χ1v) is 9.35. The van der Waals surface area contributed by atoms with Crippen molar-refractivity contribution in [3.63, 3.8) is 0 Å². The van der Waals surface area contributed by atoms with E-state index >= 15 is 0 Å². The molecule has 1 N–H and O–H groups in total. The molecule has 0 aliphatic heterocycles. The van der Waals surface area contributed by atoms with Crippen molar-refractivity contribution in [3.8, 4) is 11.5 Å². The molecule has 0 saturated heterocycles. The van der Waals surface area contributed by atoms with Crippen molar-refractivity contribution in [1.29, 1.82) is 0 Å². The van der Waals surface area contributed by atoms with Crippen LogP contribution in [0, 0.1) is 5.82 Å². The monoisotopic (exact) mass is 403 g/mol. The fourth-order valence-corrected chi connectivity index (χ4v) is 2.84. The Kier molecular flexibility index (Phi) is 6.49. The van der Waals surface area contributed by atoms with Crippen molar-refractivity contribution in [1.82, 2.24) is 10.2 Å². The summed E-state index contributed by atoms with van der Waals surface area (Å²) in [5.41, 5.74) is 0.586. The molecule has 3 rings (SSSR count). The van der Waals surface area contributed by atoms with E-state index in [9.17, 15) is 9.18 Å². The number of aromatic nitrogens is 2. The largest absolute Gasteiger partial charge is 0.495 e. The maximum absolute atomic E-state index is 12.9. The third kappa shape index (κ3) is 5.23. The lowest BCUT2D eigenvalue weighted by molar-refractivity contribution is -0.113. The molecule has 1 heterocycles. The van der Waals surface area contributed by atoms with Crippen molar-refractivity contribution in [2.24, 2.45) is 0 Å². The van der Waals surface area contributed by atoms with Crippen LogP contribution in [-0.2, 0) is 4.79 Å². The molecule has 28 heavy (non-hydrogen) atoms. The molecule has 0 spiro atoms. The Balaban J connectivity index is 1.52. The number of anilines is 1. The highest BCUT2D eigenvalue weighted by Gasteiger charge is 2.17. The summed E-state index contributed by atoms with van der Waals surface area (Å²) in [6, 6.07) is 12.8. The highest BCUT2D eigenvalue weighted by Crippen LogP contribution is 2.26. The van der Waals surface area contributed by atoms with Gasteiger partial charge in [-0.15, -0.1) is 10.2 Å². The zero-order chi connectivity index (χ0) is 19.9. The number of hydrogen-bond acceptors (Lipinski definition) is 7. The fourth-order valence-electron chi connectivity index (χ4n) is 2.27. The van der Waals surface area contributed by atoms with Gasteiger partial charge >= 0.3 is 0 Å². The third-order valence-corrected chi connectivity index (χ3v) is 4.42. The number of nitrogens with zero attached hydrogens (tertiary/aromatic N) is 2. The number of carbonyl (C=O) groups is 1. The van der Waals surface area contributed by atoms with E-state index in [1.807, 2.05) is 6.07 Å². The van der Waals surface area contributed by atoms with Gasteiger partial charge in [0, 0.05) is 0 Å². The first-order chi connectivity index (χ1) is 13.5. The third-order valence-electron chi connectivity index (χ3n) is 3.60. The zero-order valence-corrected chi connectivity index (χ0v) is 16.0. The van der Waals surface area contributed by atoms with Crippen LogP contribution in [0.3, 0.4) is 0 Å². The number of halogens is 1. The molecule has 0 bridgehead atoms. The molecule has 0 aliphatic carbocycles. The van der Waals surface area contributed by atoms with Crippen LogP contribution < -0.4 is 14.8 Å². The molecule has 7 nitrogen and oxygen atoms in total. The molecular formula is C19H18FN3O4S. The number of ether oxygens (including phenoxy) is 2. The van der Waals surface area contributed by atoms with Crippen molar-refractivity contribution in [2.45, 2.75) is 18.3 Å². The summed E-state index contributed by atoms with van der Waals surface area (Å²) in [5.74, 6) is 0.835. The lowest BCUT2D eigenvalue weighted by Crippen LogP contribution is -2.14. The molecule has 0 radical (unpaired) electrons. The molecule has 0 fully saturated rings. The molecule has 1 amide bonds. The van der Waals surface area contributed by atoms with Crippen molar-refractivity contribution >= 4 is 23.4 Å². The number of rotatable bonds is 8. The first-order valence-electron chi connectivity index (χ1n) is 8.36. The molecule has 9 heteroatoms. The van der Waals surface area contributed by atoms with Crippen LogP contribution in [0.1, 0.15) is 18.9 Å². The van der Waals surface area contributed by atoms with Gasteiger partial charge in [-0.05, 0) is 43.3 Å². The average Bonchev–Trinajstić information content (AvgIpc) is 3.18. The van der Waals surface area contributed by atoms with Gasteiger partial charge in [0.05, 0.1) is 18.6 Å². The Morgan fingerprint density at radius 1 is 1.21 bits per heavy atom. The summed E-state index contributed by atoms with van der Waals surface area (Å²) in [5, 5.41) is 10.9. The smallest absolute Gasteiger partial charge is 0.277 e. The molecule has 0 saturated carbocycles. The van der Waals surface area contributed by atoms with Gasteiger partial charge in [-0.3, -0.25) is 4.79 Å². The predicted molar refractivity (Wildman–Crippen MR) is 102 cm³/mol. The van der Waals surface area contributed by atoms with Crippen LogP contribution in [0.2, 0.25) is 0 Å². The Bertz CT molecular complexity index is 933. The second kappa shape index (κ2) is 9.23. The number of methoxy groups -OCH3 is 1. The zero-order valence-electron chi connectivity index (χ0n) is 15.2. The standard InChI is InChI=1S/C19H18FN3O4S/c1-12(26-14-9-7-13(20)8-10-14)18-22-23-19(27-18)28-11-17(24)21-15-5-3-4-6-16(15)25-2/h3-10,12H,11H2,1-2H3,(H,21,24)/t12-/m0/s1. The van der Waals surface area contributed by atoms with Gasteiger partial charge in [-0.1, -0.05) is 23.9 Å². The summed E-state index contributed by atoms with van der Waals surface area (Å²) in [6.45, 7) is 1.74. The molecule has 146 valence electrons. The maximum atomic E-state index is 12.9. The van der Waals surface area contributed by atoms with E-state index < -0.39 is 6.10 Å². The SMILES string of the molecule is COc1ccccc1NC(=O)CSc1nnc([C@H](C)Oc2ccc(F)cc2)o1. The quantitative estimate of drug-likeness (QED) is 0.567. The van der Waals surface area contributed by atoms with E-state index in [4.69, 9.17) is 13.9 Å². The minimum Gasteiger partial charge on any atom is -0.495 e. The van der Waals surface area contributed by atoms with E-state index in [1.54, 1.807) is 25.1 Å². The molecule has 0 aliphatic rings. The molecule has 2 aromatic carbocycles. The van der Waals surface area contributed by atoms with Crippen LogP contribution >= 0.6 is 11.8 Å². The topological polar surface area (TPSA) is 86.5 Å². The van der Waals surface area contributed by atoms with Crippen LogP contribution in [0.15, 0.2) is 58.2 Å². The summed E-state index contributed by atoms with van der Waals surface area (Å²) in [7, 11) is 1.54. The maximum Gasteiger partial charge on any atom is 0.277 e. The van der Waals surface area contributed by atoms with Crippen LogP contribution in [0.4, 0.5) is 10.1 Å². The van der Waals surface area contributed by atoms with Gasteiger partial charge in [0.1, 0.15) is 17.3 Å². The lowest BCUT2D eigenvalue weighted by atomic mass is 10.3. The molecule has 0 unspecified atom stereocenters. The van der Waals surface area contributed by atoms with Crippen molar-refractivity contribution in [3.05, 3.63) is 60.2 Å². The Morgan fingerprint density at radius 3 is 2.71 bits per heavy atom. The van der Waals surface area contributed by atoms with E-state index in [1.165, 1.54) is 31.4 Å². The van der Waals surface area contributed by atoms with Gasteiger partial charge in [-0.2, -0.15) is 0 Å². The number of amides is 1. The normalized spacial score (nSPS) is 11.7. The number of para-hydroxylation sites is 2. The van der Waals surface area contributed by atoms with Crippen LogP contribution in [0.25, 0.3) is 0 Å². The number of benzene rings is 2. The van der Waals surface area contributed by atoms with Gasteiger partial charge in [-0.25, -0.2) is 4.39 Å². The van der Waals surface area contributed by atoms with Gasteiger partial charge < -0.3 is 19.2 Å². The van der Waals surface area contributed by atoms with E-state index in [2.05, 4.69) is 15.5 Å². The van der Waals surface area contributed by atoms with Gasteiger partial charge in [0.15, 0.2) is 6.10 Å². The van der Waals surface area contributed by atoms with Crippen molar-refractivity contribution < 1.29 is 23.1 Å². The number of nitrogens with one attached hydrogen (secondary N) is 1. The number of carbonyl (C=O) groups excluding carboxylic acids is 1. The Labute approximate surface area is 165 Å². The summed E-state index contributed by atoms with van der Waals surface area (Å²) >= 11 is 1.11. The van der Waals surface area contributed by atoms with E-state index in [-0.39, 0.29) is 28.6 Å². The van der Waals surface area contributed by atoms with E-state index in [0.717, 1.165) is 11.8 Å². The second-order valence-corrected chi connectivity index (χ2v) is 6.58. The molecule has 1 atom stereocenters. The average molecular weight is 403 g/mol.